The Bertz CT molecular complexity index is 1020. The molecule has 1 aliphatic rings. The van der Waals surface area contributed by atoms with Gasteiger partial charge in [0, 0.05) is 11.5 Å². The SMILES string of the molecule is O=C(Nc1c(-c2ccc(C(F)(F)F)cc2)n[nH]c1C1CC1)c1ccccc1Cl. The molecule has 144 valence electrons. The third-order valence-corrected chi connectivity index (χ3v) is 4.95. The number of alkyl halides is 3. The highest BCUT2D eigenvalue weighted by Gasteiger charge is 2.32. The fourth-order valence-electron chi connectivity index (χ4n) is 3.00. The standard InChI is InChI=1S/C20H15ClF3N3O/c21-15-4-2-1-3-14(15)19(28)25-18-16(11-5-6-11)26-27-17(18)12-7-9-13(10-8-12)20(22,23)24/h1-4,7-11H,5-6H2,(H,25,28)(H,26,27). The van der Waals surface area contributed by atoms with Crippen molar-refractivity contribution in [2.24, 2.45) is 0 Å². The van der Waals surface area contributed by atoms with Gasteiger partial charge in [-0.2, -0.15) is 18.3 Å². The van der Waals surface area contributed by atoms with Gasteiger partial charge >= 0.3 is 6.18 Å². The molecular formula is C20H15ClF3N3O. The number of anilines is 1. The van der Waals surface area contributed by atoms with Gasteiger partial charge in [-0.25, -0.2) is 0 Å². The van der Waals surface area contributed by atoms with Crippen LogP contribution in [0.2, 0.25) is 5.02 Å². The van der Waals surface area contributed by atoms with E-state index in [-0.39, 0.29) is 5.92 Å². The number of hydrogen-bond donors (Lipinski definition) is 2. The molecule has 1 aliphatic carbocycles. The summed E-state index contributed by atoms with van der Waals surface area (Å²) in [5.74, 6) is -0.153. The molecule has 0 radical (unpaired) electrons. The second-order valence-electron chi connectivity index (χ2n) is 6.64. The lowest BCUT2D eigenvalue weighted by Crippen LogP contribution is -2.13. The summed E-state index contributed by atoms with van der Waals surface area (Å²) in [5.41, 5.74) is 1.70. The highest BCUT2D eigenvalue weighted by molar-refractivity contribution is 6.34. The van der Waals surface area contributed by atoms with Crippen LogP contribution < -0.4 is 5.32 Å². The van der Waals surface area contributed by atoms with Crippen LogP contribution >= 0.6 is 11.6 Å². The van der Waals surface area contributed by atoms with Crippen molar-refractivity contribution in [3.63, 3.8) is 0 Å². The van der Waals surface area contributed by atoms with E-state index < -0.39 is 17.6 Å². The topological polar surface area (TPSA) is 57.8 Å². The normalized spacial score (nSPS) is 14.1. The van der Waals surface area contributed by atoms with E-state index in [2.05, 4.69) is 15.5 Å². The van der Waals surface area contributed by atoms with E-state index in [0.717, 1.165) is 30.7 Å². The molecule has 0 bridgehead atoms. The average Bonchev–Trinajstić information content (AvgIpc) is 3.42. The largest absolute Gasteiger partial charge is 0.416 e. The number of nitrogens with zero attached hydrogens (tertiary/aromatic N) is 1. The molecule has 1 saturated carbocycles. The fourth-order valence-corrected chi connectivity index (χ4v) is 3.22. The molecule has 0 unspecified atom stereocenters. The Hall–Kier alpha value is -2.80. The quantitative estimate of drug-likeness (QED) is 0.569. The minimum atomic E-state index is -4.41. The fraction of sp³-hybridized carbons (Fsp3) is 0.200. The molecule has 0 saturated heterocycles. The molecule has 8 heteroatoms. The van der Waals surface area contributed by atoms with Crippen molar-refractivity contribution in [2.45, 2.75) is 24.9 Å². The molecule has 0 aliphatic heterocycles. The van der Waals surface area contributed by atoms with Crippen LogP contribution in [0, 0.1) is 0 Å². The molecule has 2 N–H and O–H groups in total. The molecule has 1 aromatic heterocycles. The van der Waals surface area contributed by atoms with Gasteiger partial charge in [0.15, 0.2) is 0 Å². The monoisotopic (exact) mass is 405 g/mol. The van der Waals surface area contributed by atoms with E-state index in [9.17, 15) is 18.0 Å². The molecule has 3 aromatic rings. The number of hydrogen-bond acceptors (Lipinski definition) is 2. The number of nitrogens with one attached hydrogen (secondary N) is 2. The number of aromatic amines is 1. The minimum absolute atomic E-state index is 0.247. The predicted molar refractivity (Wildman–Crippen MR) is 100 cm³/mol. The molecule has 1 amide bonds. The lowest BCUT2D eigenvalue weighted by Gasteiger charge is -2.10. The number of halogens is 4. The van der Waals surface area contributed by atoms with Gasteiger partial charge in [0.05, 0.1) is 27.5 Å². The van der Waals surface area contributed by atoms with E-state index >= 15 is 0 Å². The minimum Gasteiger partial charge on any atom is -0.318 e. The number of rotatable bonds is 4. The summed E-state index contributed by atoms with van der Waals surface area (Å²) >= 11 is 6.10. The number of H-pyrrole nitrogens is 1. The van der Waals surface area contributed by atoms with Crippen molar-refractivity contribution >= 4 is 23.2 Å². The van der Waals surface area contributed by atoms with Crippen LogP contribution in [0.15, 0.2) is 48.5 Å². The first-order valence-electron chi connectivity index (χ1n) is 8.66. The maximum Gasteiger partial charge on any atom is 0.416 e. The summed E-state index contributed by atoms with van der Waals surface area (Å²) in [6.45, 7) is 0. The molecule has 1 fully saturated rings. The van der Waals surface area contributed by atoms with Crippen LogP contribution in [0.1, 0.15) is 40.4 Å². The van der Waals surface area contributed by atoms with Crippen LogP contribution in [-0.2, 0) is 6.18 Å². The van der Waals surface area contributed by atoms with Gasteiger partial charge in [-0.3, -0.25) is 9.89 Å². The predicted octanol–water partition coefficient (Wildman–Crippen LogP) is 5.88. The van der Waals surface area contributed by atoms with E-state index in [0.29, 0.717) is 27.5 Å². The Kier molecular flexibility index (Phi) is 4.63. The Labute approximate surface area is 163 Å². The molecule has 1 heterocycles. The van der Waals surface area contributed by atoms with Crippen molar-refractivity contribution in [3.8, 4) is 11.3 Å². The molecule has 2 aromatic carbocycles. The lowest BCUT2D eigenvalue weighted by molar-refractivity contribution is -0.137. The maximum absolute atomic E-state index is 12.8. The smallest absolute Gasteiger partial charge is 0.318 e. The first-order valence-corrected chi connectivity index (χ1v) is 9.04. The number of aromatic nitrogens is 2. The van der Waals surface area contributed by atoms with Crippen molar-refractivity contribution in [3.05, 3.63) is 70.4 Å². The second kappa shape index (κ2) is 6.98. The number of carbonyl (C=O) groups excluding carboxylic acids is 1. The van der Waals surface area contributed by atoms with Gasteiger partial charge in [0.1, 0.15) is 5.69 Å². The molecule has 4 nitrogen and oxygen atoms in total. The summed E-state index contributed by atoms with van der Waals surface area (Å²) in [5, 5.41) is 10.3. The van der Waals surface area contributed by atoms with E-state index in [4.69, 9.17) is 11.6 Å². The van der Waals surface area contributed by atoms with Crippen LogP contribution in [0.4, 0.5) is 18.9 Å². The lowest BCUT2D eigenvalue weighted by atomic mass is 10.1. The number of carbonyl (C=O) groups is 1. The first kappa shape index (κ1) is 18.6. The third kappa shape index (κ3) is 3.62. The zero-order valence-electron chi connectivity index (χ0n) is 14.5. The Morgan fingerprint density at radius 3 is 2.39 bits per heavy atom. The zero-order chi connectivity index (χ0) is 19.9. The highest BCUT2D eigenvalue weighted by atomic mass is 35.5. The van der Waals surface area contributed by atoms with Crippen molar-refractivity contribution in [1.29, 1.82) is 0 Å². The Morgan fingerprint density at radius 1 is 1.11 bits per heavy atom. The van der Waals surface area contributed by atoms with Crippen LogP contribution in [-0.4, -0.2) is 16.1 Å². The first-order chi connectivity index (χ1) is 13.3. The van der Waals surface area contributed by atoms with Gasteiger partial charge in [0.2, 0.25) is 0 Å². The van der Waals surface area contributed by atoms with Crippen molar-refractivity contribution in [1.82, 2.24) is 10.2 Å². The van der Waals surface area contributed by atoms with Crippen LogP contribution in [0.3, 0.4) is 0 Å². The van der Waals surface area contributed by atoms with Crippen LogP contribution in [0.5, 0.6) is 0 Å². The van der Waals surface area contributed by atoms with Gasteiger partial charge in [0.25, 0.3) is 5.91 Å². The summed E-state index contributed by atoms with van der Waals surface area (Å²) < 4.78 is 38.5. The van der Waals surface area contributed by atoms with Crippen molar-refractivity contribution < 1.29 is 18.0 Å². The van der Waals surface area contributed by atoms with Gasteiger partial charge in [-0.1, -0.05) is 35.9 Å². The Morgan fingerprint density at radius 2 is 1.79 bits per heavy atom. The summed E-state index contributed by atoms with van der Waals surface area (Å²) in [6, 6.07) is 11.3. The summed E-state index contributed by atoms with van der Waals surface area (Å²) in [6.07, 6.45) is -2.49. The van der Waals surface area contributed by atoms with Crippen LogP contribution in [0.25, 0.3) is 11.3 Å². The van der Waals surface area contributed by atoms with E-state index in [1.54, 1.807) is 24.3 Å². The number of amides is 1. The van der Waals surface area contributed by atoms with E-state index in [1.165, 1.54) is 12.1 Å². The summed E-state index contributed by atoms with van der Waals surface area (Å²) in [4.78, 5) is 12.7. The highest BCUT2D eigenvalue weighted by Crippen LogP contribution is 2.45. The molecular weight excluding hydrogens is 391 g/mol. The zero-order valence-corrected chi connectivity index (χ0v) is 15.2. The van der Waals surface area contributed by atoms with Crippen molar-refractivity contribution in [2.75, 3.05) is 5.32 Å². The summed E-state index contributed by atoms with van der Waals surface area (Å²) in [7, 11) is 0. The third-order valence-electron chi connectivity index (χ3n) is 4.62. The van der Waals surface area contributed by atoms with Gasteiger partial charge in [-0.05, 0) is 37.1 Å². The maximum atomic E-state index is 12.8. The second-order valence-corrected chi connectivity index (χ2v) is 7.05. The Balaban J connectivity index is 1.70. The average molecular weight is 406 g/mol. The number of benzene rings is 2. The van der Waals surface area contributed by atoms with Gasteiger partial charge in [-0.15, -0.1) is 0 Å². The molecule has 0 atom stereocenters. The molecule has 4 rings (SSSR count). The van der Waals surface area contributed by atoms with E-state index in [1.807, 2.05) is 0 Å². The molecule has 0 spiro atoms. The van der Waals surface area contributed by atoms with Gasteiger partial charge < -0.3 is 5.32 Å². The molecule has 28 heavy (non-hydrogen) atoms.